The Labute approximate surface area is 116 Å². The SMILES string of the molecule is CC(C)NC(=O)CCNC(C)C(=O)N1CCCCC1. The maximum Gasteiger partial charge on any atom is 0.239 e. The lowest BCUT2D eigenvalue weighted by Crippen LogP contribution is -2.47. The predicted octanol–water partition coefficient (Wildman–Crippen LogP) is 0.892. The van der Waals surface area contributed by atoms with Gasteiger partial charge in [0.05, 0.1) is 6.04 Å². The molecule has 1 atom stereocenters. The lowest BCUT2D eigenvalue weighted by molar-refractivity contribution is -0.134. The first-order valence-corrected chi connectivity index (χ1v) is 7.32. The molecule has 1 saturated heterocycles. The zero-order chi connectivity index (χ0) is 14.3. The third-order valence-electron chi connectivity index (χ3n) is 3.29. The predicted molar refractivity (Wildman–Crippen MR) is 75.8 cm³/mol. The summed E-state index contributed by atoms with van der Waals surface area (Å²) in [4.78, 5) is 25.5. The van der Waals surface area contributed by atoms with E-state index in [0.717, 1.165) is 25.9 Å². The van der Waals surface area contributed by atoms with E-state index < -0.39 is 0 Å². The van der Waals surface area contributed by atoms with E-state index in [1.54, 1.807) is 0 Å². The number of hydrogen-bond acceptors (Lipinski definition) is 3. The van der Waals surface area contributed by atoms with Gasteiger partial charge in [-0.3, -0.25) is 9.59 Å². The molecule has 1 aliphatic heterocycles. The van der Waals surface area contributed by atoms with Gasteiger partial charge in [0.1, 0.15) is 0 Å². The van der Waals surface area contributed by atoms with E-state index in [4.69, 9.17) is 0 Å². The fraction of sp³-hybridized carbons (Fsp3) is 0.857. The van der Waals surface area contributed by atoms with Gasteiger partial charge in [-0.05, 0) is 40.0 Å². The first-order chi connectivity index (χ1) is 9.00. The Kier molecular flexibility index (Phi) is 6.84. The maximum absolute atomic E-state index is 12.1. The van der Waals surface area contributed by atoms with E-state index >= 15 is 0 Å². The van der Waals surface area contributed by atoms with Gasteiger partial charge in [0.25, 0.3) is 0 Å². The molecule has 0 radical (unpaired) electrons. The molecule has 2 N–H and O–H groups in total. The van der Waals surface area contributed by atoms with E-state index in [1.165, 1.54) is 6.42 Å². The van der Waals surface area contributed by atoms with E-state index in [9.17, 15) is 9.59 Å². The molecule has 110 valence electrons. The average Bonchev–Trinajstić information content (AvgIpc) is 2.37. The third kappa shape index (κ3) is 6.05. The van der Waals surface area contributed by atoms with Crippen LogP contribution in [0.25, 0.3) is 0 Å². The van der Waals surface area contributed by atoms with Crippen molar-refractivity contribution in [1.82, 2.24) is 15.5 Å². The Hall–Kier alpha value is -1.10. The number of carbonyl (C=O) groups is 2. The third-order valence-corrected chi connectivity index (χ3v) is 3.29. The summed E-state index contributed by atoms with van der Waals surface area (Å²) in [5.41, 5.74) is 0. The normalized spacial score (nSPS) is 17.4. The fourth-order valence-corrected chi connectivity index (χ4v) is 2.27. The average molecular weight is 269 g/mol. The highest BCUT2D eigenvalue weighted by atomic mass is 16.2. The lowest BCUT2D eigenvalue weighted by atomic mass is 10.1. The molecule has 5 heteroatoms. The second-order valence-corrected chi connectivity index (χ2v) is 5.53. The number of hydrogen-bond donors (Lipinski definition) is 2. The standard InChI is InChI=1S/C14H27N3O2/c1-11(2)16-13(18)7-8-15-12(3)14(19)17-9-5-4-6-10-17/h11-12,15H,4-10H2,1-3H3,(H,16,18). The molecule has 5 nitrogen and oxygen atoms in total. The number of rotatable bonds is 6. The van der Waals surface area contributed by atoms with Gasteiger partial charge in [0.15, 0.2) is 0 Å². The summed E-state index contributed by atoms with van der Waals surface area (Å²) >= 11 is 0. The van der Waals surface area contributed by atoms with Gasteiger partial charge in [-0.25, -0.2) is 0 Å². The molecule has 0 aromatic carbocycles. The summed E-state index contributed by atoms with van der Waals surface area (Å²) < 4.78 is 0. The number of piperidine rings is 1. The van der Waals surface area contributed by atoms with Crippen LogP contribution in [0, 0.1) is 0 Å². The maximum atomic E-state index is 12.1. The molecular formula is C14H27N3O2. The minimum absolute atomic E-state index is 0.0279. The minimum atomic E-state index is -0.204. The smallest absolute Gasteiger partial charge is 0.239 e. The van der Waals surface area contributed by atoms with Crippen LogP contribution in [0.1, 0.15) is 46.5 Å². The molecule has 1 unspecified atom stereocenters. The summed E-state index contributed by atoms with van der Waals surface area (Å²) in [6.07, 6.45) is 3.85. The van der Waals surface area contributed by atoms with E-state index in [-0.39, 0.29) is 23.9 Å². The Morgan fingerprint density at radius 2 is 1.74 bits per heavy atom. The second-order valence-electron chi connectivity index (χ2n) is 5.53. The van der Waals surface area contributed by atoms with E-state index in [0.29, 0.717) is 13.0 Å². The molecular weight excluding hydrogens is 242 g/mol. The van der Waals surface area contributed by atoms with Gasteiger partial charge < -0.3 is 15.5 Å². The molecule has 2 amide bonds. The number of carbonyl (C=O) groups excluding carboxylic acids is 2. The van der Waals surface area contributed by atoms with Crippen molar-refractivity contribution in [1.29, 1.82) is 0 Å². The highest BCUT2D eigenvalue weighted by molar-refractivity contribution is 5.81. The molecule has 1 rings (SSSR count). The zero-order valence-corrected chi connectivity index (χ0v) is 12.4. The topological polar surface area (TPSA) is 61.4 Å². The monoisotopic (exact) mass is 269 g/mol. The van der Waals surface area contributed by atoms with E-state index in [1.807, 2.05) is 25.7 Å². The van der Waals surface area contributed by atoms with Crippen LogP contribution in [0.4, 0.5) is 0 Å². The number of nitrogens with zero attached hydrogens (tertiary/aromatic N) is 1. The zero-order valence-electron chi connectivity index (χ0n) is 12.4. The van der Waals surface area contributed by atoms with Crippen LogP contribution in [0.3, 0.4) is 0 Å². The number of amides is 2. The molecule has 0 aromatic heterocycles. The molecule has 1 fully saturated rings. The molecule has 1 aliphatic rings. The van der Waals surface area contributed by atoms with Crippen molar-refractivity contribution in [2.45, 2.75) is 58.5 Å². The van der Waals surface area contributed by atoms with Gasteiger partial charge >= 0.3 is 0 Å². The highest BCUT2D eigenvalue weighted by Crippen LogP contribution is 2.09. The van der Waals surface area contributed by atoms with Crippen LogP contribution in [-0.2, 0) is 9.59 Å². The summed E-state index contributed by atoms with van der Waals surface area (Å²) in [6.45, 7) is 8.04. The van der Waals surface area contributed by atoms with Gasteiger partial charge in [0, 0.05) is 32.1 Å². The van der Waals surface area contributed by atoms with E-state index in [2.05, 4.69) is 10.6 Å². The first kappa shape index (κ1) is 16.0. The lowest BCUT2D eigenvalue weighted by Gasteiger charge is -2.29. The Balaban J connectivity index is 2.21. The van der Waals surface area contributed by atoms with Crippen LogP contribution in [0.15, 0.2) is 0 Å². The Bertz CT molecular complexity index is 299. The van der Waals surface area contributed by atoms with Crippen molar-refractivity contribution >= 4 is 11.8 Å². The molecule has 0 spiro atoms. The molecule has 0 bridgehead atoms. The molecule has 1 heterocycles. The van der Waals surface area contributed by atoms with Crippen molar-refractivity contribution in [3.05, 3.63) is 0 Å². The van der Waals surface area contributed by atoms with Crippen LogP contribution in [0.2, 0.25) is 0 Å². The summed E-state index contributed by atoms with van der Waals surface area (Å²) in [7, 11) is 0. The second kappa shape index (κ2) is 8.15. The molecule has 19 heavy (non-hydrogen) atoms. The number of likely N-dealkylation sites (tertiary alicyclic amines) is 1. The first-order valence-electron chi connectivity index (χ1n) is 7.32. The van der Waals surface area contributed by atoms with Gasteiger partial charge in [-0.1, -0.05) is 0 Å². The summed E-state index contributed by atoms with van der Waals surface area (Å²) in [5, 5.41) is 5.97. The van der Waals surface area contributed by atoms with Crippen molar-refractivity contribution in [3.63, 3.8) is 0 Å². The summed E-state index contributed by atoms with van der Waals surface area (Å²) in [5.74, 6) is 0.184. The van der Waals surface area contributed by atoms with Crippen LogP contribution >= 0.6 is 0 Å². The summed E-state index contributed by atoms with van der Waals surface area (Å²) in [6, 6.07) is -0.0372. The highest BCUT2D eigenvalue weighted by Gasteiger charge is 2.21. The van der Waals surface area contributed by atoms with Crippen molar-refractivity contribution in [3.8, 4) is 0 Å². The quantitative estimate of drug-likeness (QED) is 0.753. The fourth-order valence-electron chi connectivity index (χ4n) is 2.27. The molecule has 0 aliphatic carbocycles. The van der Waals surface area contributed by atoms with Crippen LogP contribution in [0.5, 0.6) is 0 Å². The largest absolute Gasteiger partial charge is 0.354 e. The Morgan fingerprint density at radius 1 is 1.11 bits per heavy atom. The van der Waals surface area contributed by atoms with Crippen molar-refractivity contribution < 1.29 is 9.59 Å². The molecule has 0 aromatic rings. The Morgan fingerprint density at radius 3 is 2.32 bits per heavy atom. The molecule has 0 saturated carbocycles. The van der Waals surface area contributed by atoms with Crippen molar-refractivity contribution in [2.24, 2.45) is 0 Å². The minimum Gasteiger partial charge on any atom is -0.354 e. The van der Waals surface area contributed by atoms with Gasteiger partial charge in [0.2, 0.25) is 11.8 Å². The van der Waals surface area contributed by atoms with Crippen LogP contribution in [-0.4, -0.2) is 48.4 Å². The van der Waals surface area contributed by atoms with Crippen molar-refractivity contribution in [2.75, 3.05) is 19.6 Å². The van der Waals surface area contributed by atoms with Crippen LogP contribution < -0.4 is 10.6 Å². The van der Waals surface area contributed by atoms with Gasteiger partial charge in [-0.2, -0.15) is 0 Å². The van der Waals surface area contributed by atoms with Gasteiger partial charge in [-0.15, -0.1) is 0 Å². The number of nitrogens with one attached hydrogen (secondary N) is 2.